The first-order chi connectivity index (χ1) is 56.1. The van der Waals surface area contributed by atoms with E-state index in [-0.39, 0.29) is 90.4 Å². The Morgan fingerprint density at radius 3 is 1.26 bits per heavy atom. The van der Waals surface area contributed by atoms with E-state index in [0.717, 1.165) is 11.1 Å². The van der Waals surface area contributed by atoms with Crippen molar-refractivity contribution in [3.63, 3.8) is 0 Å². The van der Waals surface area contributed by atoms with Crippen molar-refractivity contribution in [1.82, 2.24) is 52.3 Å². The number of allylic oxidation sites excluding steroid dienone is 9. The molecule has 0 fully saturated rings. The van der Waals surface area contributed by atoms with Gasteiger partial charge in [0.1, 0.15) is 36.5 Å². The van der Waals surface area contributed by atoms with Crippen molar-refractivity contribution in [2.45, 2.75) is 222 Å². The highest BCUT2D eigenvalue weighted by atomic mass is 16.6. The topological polar surface area (TPSA) is 397 Å². The summed E-state index contributed by atoms with van der Waals surface area (Å²) in [4.78, 5) is 174. The lowest BCUT2D eigenvalue weighted by Gasteiger charge is -2.29. The van der Waals surface area contributed by atoms with Crippen LogP contribution < -0.4 is 42.5 Å². The van der Waals surface area contributed by atoms with Crippen LogP contribution in [0.2, 0.25) is 0 Å². The number of carbonyl (C=O) groups excluding carboxylic acids is 14. The van der Waals surface area contributed by atoms with Crippen molar-refractivity contribution in [3.05, 3.63) is 157 Å². The van der Waals surface area contributed by atoms with E-state index in [0.29, 0.717) is 123 Å². The molecule has 4 aliphatic heterocycles. The molecule has 0 bridgehead atoms. The molecule has 118 heavy (non-hydrogen) atoms. The average Bonchev–Trinajstić information content (AvgIpc) is 1.43. The van der Waals surface area contributed by atoms with Crippen LogP contribution in [-0.4, -0.2) is 183 Å². The minimum Gasteiger partial charge on any atom is -0.490 e. The third-order valence-corrected chi connectivity index (χ3v) is 18.4. The lowest BCUT2D eigenvalue weighted by Crippen LogP contribution is -2.52. The smallest absolute Gasteiger partial charge is 0.407 e. The van der Waals surface area contributed by atoms with Gasteiger partial charge in [0.05, 0.1) is 14.2 Å². The highest BCUT2D eigenvalue weighted by Gasteiger charge is 2.35. The molecule has 8 N–H and O–H groups in total. The zero-order valence-electron chi connectivity index (χ0n) is 70.9. The normalized spacial score (nSPS) is 17.4. The van der Waals surface area contributed by atoms with E-state index in [9.17, 15) is 67.1 Å². The number of hydrogen-bond acceptors (Lipinski definition) is 20. The quantitative estimate of drug-likeness (QED) is 0.00410. The molecule has 4 rings (SSSR count). The van der Waals surface area contributed by atoms with Gasteiger partial charge in [-0.25, -0.2) is 19.2 Å². The van der Waals surface area contributed by atoms with Gasteiger partial charge in [0.25, 0.3) is 23.6 Å². The van der Waals surface area contributed by atoms with Gasteiger partial charge in [-0.3, -0.25) is 57.7 Å². The zero-order valence-corrected chi connectivity index (χ0v) is 70.9. The van der Waals surface area contributed by atoms with Gasteiger partial charge in [0.2, 0.25) is 35.4 Å². The van der Waals surface area contributed by atoms with Crippen LogP contribution in [0.5, 0.6) is 0 Å². The van der Waals surface area contributed by atoms with Gasteiger partial charge in [-0.2, -0.15) is 0 Å². The Morgan fingerprint density at radius 1 is 0.517 bits per heavy atom. The number of esters is 2. The summed E-state index contributed by atoms with van der Waals surface area (Å²) >= 11 is 0. The summed E-state index contributed by atoms with van der Waals surface area (Å²) < 4.78 is 32.0. The van der Waals surface area contributed by atoms with Crippen LogP contribution in [0, 0.1) is 34.5 Å². The molecule has 0 unspecified atom stereocenters. The third kappa shape index (κ3) is 41.3. The van der Waals surface area contributed by atoms with Crippen LogP contribution in [0.25, 0.3) is 0 Å². The second-order valence-electron chi connectivity index (χ2n) is 30.5. The fraction of sp³-hybridized carbons (Fsp3) is 0.523. The van der Waals surface area contributed by atoms with E-state index in [2.05, 4.69) is 54.4 Å². The van der Waals surface area contributed by atoms with Crippen molar-refractivity contribution < 1.29 is 95.5 Å². The third-order valence-electron chi connectivity index (χ3n) is 18.4. The minimum atomic E-state index is -0.862. The second kappa shape index (κ2) is 55.1. The van der Waals surface area contributed by atoms with E-state index in [1.54, 1.807) is 55.5 Å². The molecule has 0 aliphatic carbocycles. The van der Waals surface area contributed by atoms with Crippen molar-refractivity contribution in [1.29, 1.82) is 0 Å². The van der Waals surface area contributed by atoms with Gasteiger partial charge in [-0.15, -0.1) is 5.92 Å². The first kappa shape index (κ1) is 101. The minimum absolute atomic E-state index is 0.0373. The maximum absolute atomic E-state index is 13.2. The van der Waals surface area contributed by atoms with Crippen molar-refractivity contribution in [2.75, 3.05) is 53.5 Å². The molecule has 0 spiro atoms. The number of amides is 12. The zero-order chi connectivity index (χ0) is 87.6. The Morgan fingerprint density at radius 2 is 0.890 bits per heavy atom. The fourth-order valence-electron chi connectivity index (χ4n) is 11.8. The number of nitrogens with zero attached hydrogens (tertiary/aromatic N) is 2. The number of methoxy groups -OCH3 is 2. The number of rotatable bonds is 47. The fourth-order valence-corrected chi connectivity index (χ4v) is 11.8. The molecule has 4 aliphatic rings. The summed E-state index contributed by atoms with van der Waals surface area (Å²) in [6, 6.07) is -1.71. The van der Waals surface area contributed by atoms with Gasteiger partial charge in [0.15, 0.2) is 11.5 Å². The number of imide groups is 2. The summed E-state index contributed by atoms with van der Waals surface area (Å²) in [6.07, 6.45) is 40.4. The van der Waals surface area contributed by atoms with Crippen LogP contribution in [0.1, 0.15) is 186 Å². The van der Waals surface area contributed by atoms with E-state index in [4.69, 9.17) is 28.4 Å². The first-order valence-electron chi connectivity index (χ1n) is 40.1. The first-order valence-corrected chi connectivity index (χ1v) is 40.1. The predicted octanol–water partition coefficient (Wildman–Crippen LogP) is 9.71. The highest BCUT2D eigenvalue weighted by Crippen LogP contribution is 2.26. The van der Waals surface area contributed by atoms with Gasteiger partial charge < -0.3 is 71.0 Å². The molecule has 30 nitrogen and oxygen atoms in total. The standard InChI is InChI=1S/C44H63N5O10.C44H61N5O10/c2*1-8-9-18-33(58-43(56)47-28-16-27-45-36(50)20-11-10-14-29-49-38(52)24-25-39(49)53)19-15-26-46-41(54)40(44(4,5)6)48-37(51)21-13-12-17-31(2)30-32(3)34-22-23-35(57-7)42(55)59-34/h8-9,12-13,15,17,21,23-26,30,32-34,40H,10-11,14,16,18-20,22,27-29H2,1-7H3,(H,45,50)(H,46,54)(H,47,56)(H,48,51);12-13,15,17,21,23-26,30,32-34,40H,10-11,14,16,18-20,22,27-29H2,1-7H3,(H,45,50)(H,46,54)(H,47,56)(H,48,51)/b9-8-,17-12-,21-13-,26-15-,31-30+;17-12-,21-13-,26-15-,31-30+/t2*32-,33-,34-,40+/m00/s1. The Hall–Kier alpha value is -11.6. The molecule has 646 valence electrons. The van der Waals surface area contributed by atoms with Crippen LogP contribution in [0.15, 0.2) is 157 Å². The SMILES string of the molecule is C/C=C\C[C@@H](C/C=C\NC(=O)[C@@H](NC(=O)\C=C/C=C\C(C)=C\[C@H](C)[C@@H]1CC=C(OC)C(=O)O1)C(C)(C)C)OC(=O)NCCCNC(=O)CCCCCN1C(=O)C=CC1=O.CC#CC[C@@H](C/C=C\NC(=O)[C@@H](NC(=O)\C=C/C=C\C(C)=C\[C@H](C)[C@@H]1CC=C(OC)C(=O)O1)C(C)(C)C)OC(=O)NCCCNC(=O)CCCCCN1C(=O)C=CC1=O. The Bertz CT molecular complexity index is 3880. The maximum Gasteiger partial charge on any atom is 0.407 e. The van der Waals surface area contributed by atoms with Gasteiger partial charge in [-0.1, -0.05) is 158 Å². The molecule has 0 saturated carbocycles. The number of carbonyl (C=O) groups is 14. The second-order valence-corrected chi connectivity index (χ2v) is 30.5. The van der Waals surface area contributed by atoms with Gasteiger partial charge >= 0.3 is 24.1 Å². The Kier molecular flexibility index (Phi) is 46.9. The lowest BCUT2D eigenvalue weighted by atomic mass is 9.86. The van der Waals surface area contributed by atoms with Crippen molar-refractivity contribution in [3.8, 4) is 11.8 Å². The highest BCUT2D eigenvalue weighted by molar-refractivity contribution is 6.13. The molecule has 30 heteroatoms. The Balaban J connectivity index is 0.000000610. The average molecular weight is 1640 g/mol. The summed E-state index contributed by atoms with van der Waals surface area (Å²) in [5, 5.41) is 22.0. The molecule has 4 heterocycles. The van der Waals surface area contributed by atoms with Gasteiger partial charge in [0, 0.05) is 139 Å². The van der Waals surface area contributed by atoms with Crippen LogP contribution >= 0.6 is 0 Å². The summed E-state index contributed by atoms with van der Waals surface area (Å²) in [5.41, 5.74) is 0.617. The van der Waals surface area contributed by atoms with E-state index >= 15 is 0 Å². The molecule has 0 radical (unpaired) electrons. The van der Waals surface area contributed by atoms with E-state index < -0.39 is 82.9 Å². The number of nitrogens with one attached hydrogen (secondary N) is 8. The van der Waals surface area contributed by atoms with Crippen molar-refractivity contribution >= 4 is 83.2 Å². The number of alkyl carbamates (subject to hydrolysis) is 2. The summed E-state index contributed by atoms with van der Waals surface area (Å²) in [7, 11) is 2.86. The van der Waals surface area contributed by atoms with Gasteiger partial charge in [-0.05, 0) is 102 Å². The molecule has 12 amide bonds. The molecule has 0 saturated heterocycles. The Labute approximate surface area is 694 Å². The maximum atomic E-state index is 13.2. The number of unbranched alkanes of at least 4 members (excludes halogenated alkanes) is 4. The predicted molar refractivity (Wildman–Crippen MR) is 446 cm³/mol. The largest absolute Gasteiger partial charge is 0.490 e. The van der Waals surface area contributed by atoms with Crippen molar-refractivity contribution in [2.24, 2.45) is 22.7 Å². The number of cyclic esters (lactones) is 2. The molecular weight excluding hydrogens is 1520 g/mol. The molecule has 0 aromatic heterocycles. The summed E-state index contributed by atoms with van der Waals surface area (Å²) in [6.45, 7) is 24.3. The van der Waals surface area contributed by atoms with Crippen LogP contribution in [-0.2, 0) is 86.0 Å². The molecule has 0 aromatic carbocycles. The van der Waals surface area contributed by atoms with Crippen LogP contribution in [0.4, 0.5) is 9.59 Å². The number of ether oxygens (including phenoxy) is 6. The number of hydrogen-bond donors (Lipinski definition) is 8. The lowest BCUT2D eigenvalue weighted by molar-refractivity contribution is -0.152. The van der Waals surface area contributed by atoms with Crippen LogP contribution in [0.3, 0.4) is 0 Å². The van der Waals surface area contributed by atoms with E-state index in [1.807, 2.05) is 113 Å². The van der Waals surface area contributed by atoms with E-state index in [1.165, 1.54) is 72.9 Å². The molecule has 8 atom stereocenters. The summed E-state index contributed by atoms with van der Waals surface area (Å²) in [5.74, 6) is 1.91. The monoisotopic (exact) mass is 1640 g/mol. The molecule has 0 aromatic rings. The molecular formula is C88H124N10O20.